The number of thioether (sulfide) groups is 1. The highest BCUT2D eigenvalue weighted by Gasteiger charge is 2.10. The van der Waals surface area contributed by atoms with E-state index in [9.17, 15) is 13.6 Å². The Morgan fingerprint density at radius 1 is 1.17 bits per heavy atom. The minimum Gasteiger partial charge on any atom is -0.294 e. The summed E-state index contributed by atoms with van der Waals surface area (Å²) in [6, 6.07) is 9.65. The van der Waals surface area contributed by atoms with E-state index < -0.39 is 5.76 Å². The van der Waals surface area contributed by atoms with Crippen LogP contribution in [0.4, 0.5) is 8.78 Å². The zero-order valence-electron chi connectivity index (χ0n) is 12.0. The van der Waals surface area contributed by atoms with Crippen LogP contribution in [0, 0.1) is 0 Å². The first-order chi connectivity index (χ1) is 11.4. The number of rotatable bonds is 4. The molecule has 3 rings (SSSR count). The highest BCUT2D eigenvalue weighted by atomic mass is 35.5. The molecule has 3 aromatic rings. The van der Waals surface area contributed by atoms with E-state index in [0.29, 0.717) is 37.6 Å². The van der Waals surface area contributed by atoms with Crippen molar-refractivity contribution in [2.45, 2.75) is 17.2 Å². The van der Waals surface area contributed by atoms with E-state index in [1.807, 2.05) is 0 Å². The molecule has 8 heteroatoms. The summed E-state index contributed by atoms with van der Waals surface area (Å²) in [7, 11) is 0. The molecular formula is C16H10Cl2F2N2OS. The Hall–Kier alpha value is -1.63. The third-order valence-corrected chi connectivity index (χ3v) is 4.58. The highest BCUT2D eigenvalue weighted by Crippen LogP contribution is 2.26. The van der Waals surface area contributed by atoms with Gasteiger partial charge in [0.05, 0.1) is 28.8 Å². The summed E-state index contributed by atoms with van der Waals surface area (Å²) >= 11 is 12.5. The number of alkyl halides is 2. The smallest absolute Gasteiger partial charge is 0.288 e. The van der Waals surface area contributed by atoms with E-state index in [1.54, 1.807) is 24.3 Å². The van der Waals surface area contributed by atoms with Crippen LogP contribution >= 0.6 is 35.0 Å². The second kappa shape index (κ2) is 7.09. The Kier molecular flexibility index (Phi) is 5.08. The molecule has 0 aliphatic carbocycles. The quantitative estimate of drug-likeness (QED) is 0.587. The number of hydrogen-bond donors (Lipinski definition) is 0. The summed E-state index contributed by atoms with van der Waals surface area (Å²) < 4.78 is 26.1. The number of aromatic nitrogens is 2. The molecule has 1 heterocycles. The molecule has 0 radical (unpaired) electrons. The molecule has 0 aliphatic rings. The van der Waals surface area contributed by atoms with Crippen molar-refractivity contribution in [3.8, 4) is 0 Å². The van der Waals surface area contributed by atoms with Gasteiger partial charge in [0.15, 0.2) is 0 Å². The van der Waals surface area contributed by atoms with Gasteiger partial charge in [0.2, 0.25) is 0 Å². The molecule has 0 aliphatic heterocycles. The SMILES string of the molecule is O=c1c2cc(Cl)cc(Cl)c2ncn1Cc1ccc(SC(F)F)cc1. The first kappa shape index (κ1) is 17.2. The van der Waals surface area contributed by atoms with Gasteiger partial charge in [0, 0.05) is 9.92 Å². The van der Waals surface area contributed by atoms with E-state index in [0.717, 1.165) is 5.56 Å². The fourth-order valence-electron chi connectivity index (χ4n) is 2.28. The molecule has 0 atom stereocenters. The molecule has 0 saturated carbocycles. The Labute approximate surface area is 150 Å². The Morgan fingerprint density at radius 2 is 1.88 bits per heavy atom. The molecule has 0 N–H and O–H groups in total. The number of fused-ring (bicyclic) bond motifs is 1. The molecule has 0 fully saturated rings. The Balaban J connectivity index is 1.93. The average Bonchev–Trinajstić information content (AvgIpc) is 2.52. The molecule has 0 saturated heterocycles. The maximum Gasteiger partial charge on any atom is 0.288 e. The second-order valence-corrected chi connectivity index (χ2v) is 6.89. The lowest BCUT2D eigenvalue weighted by Crippen LogP contribution is -2.21. The van der Waals surface area contributed by atoms with Crippen LogP contribution in [-0.2, 0) is 6.54 Å². The lowest BCUT2D eigenvalue weighted by molar-refractivity contribution is 0.252. The number of hydrogen-bond acceptors (Lipinski definition) is 3. The van der Waals surface area contributed by atoms with Crippen LogP contribution in [0.1, 0.15) is 5.56 Å². The van der Waals surface area contributed by atoms with Gasteiger partial charge in [-0.1, -0.05) is 47.1 Å². The van der Waals surface area contributed by atoms with Crippen molar-refractivity contribution in [3.05, 3.63) is 68.7 Å². The lowest BCUT2D eigenvalue weighted by atomic mass is 10.2. The van der Waals surface area contributed by atoms with Gasteiger partial charge in [-0.3, -0.25) is 9.36 Å². The summed E-state index contributed by atoms with van der Waals surface area (Å²) in [5.41, 5.74) is 0.923. The Morgan fingerprint density at radius 3 is 2.54 bits per heavy atom. The number of halogens is 4. The maximum atomic E-state index is 12.6. The summed E-state index contributed by atoms with van der Waals surface area (Å²) in [6.07, 6.45) is 1.41. The van der Waals surface area contributed by atoms with Crippen LogP contribution in [-0.4, -0.2) is 15.3 Å². The predicted molar refractivity (Wildman–Crippen MR) is 93.4 cm³/mol. The number of nitrogens with zero attached hydrogens (tertiary/aromatic N) is 2. The van der Waals surface area contributed by atoms with Crippen LogP contribution in [0.3, 0.4) is 0 Å². The van der Waals surface area contributed by atoms with Gasteiger partial charge in [0.25, 0.3) is 11.3 Å². The summed E-state index contributed by atoms with van der Waals surface area (Å²) in [5.74, 6) is -2.46. The molecule has 1 aromatic heterocycles. The third kappa shape index (κ3) is 3.71. The molecule has 0 unspecified atom stereocenters. The molecule has 3 nitrogen and oxygen atoms in total. The lowest BCUT2D eigenvalue weighted by Gasteiger charge is -2.08. The summed E-state index contributed by atoms with van der Waals surface area (Å²) in [4.78, 5) is 17.2. The summed E-state index contributed by atoms with van der Waals surface area (Å²) in [5, 5.41) is 1.01. The van der Waals surface area contributed by atoms with Crippen LogP contribution in [0.15, 0.2) is 52.4 Å². The van der Waals surface area contributed by atoms with Crippen molar-refractivity contribution in [1.29, 1.82) is 0 Å². The van der Waals surface area contributed by atoms with Gasteiger partial charge in [-0.25, -0.2) is 4.98 Å². The van der Waals surface area contributed by atoms with Crippen LogP contribution in [0.25, 0.3) is 10.9 Å². The molecule has 0 amide bonds. The first-order valence-corrected chi connectivity index (χ1v) is 8.45. The van der Waals surface area contributed by atoms with Crippen molar-refractivity contribution in [3.63, 3.8) is 0 Å². The van der Waals surface area contributed by atoms with Gasteiger partial charge < -0.3 is 0 Å². The number of benzene rings is 2. The molecule has 24 heavy (non-hydrogen) atoms. The van der Waals surface area contributed by atoms with Crippen molar-refractivity contribution in [2.24, 2.45) is 0 Å². The van der Waals surface area contributed by atoms with E-state index in [-0.39, 0.29) is 12.1 Å². The molecule has 0 bridgehead atoms. The van der Waals surface area contributed by atoms with Crippen molar-refractivity contribution in [1.82, 2.24) is 9.55 Å². The minimum absolute atomic E-state index is 0.268. The fraction of sp³-hybridized carbons (Fsp3) is 0.125. The Bertz CT molecular complexity index is 945. The third-order valence-electron chi connectivity index (χ3n) is 3.35. The van der Waals surface area contributed by atoms with E-state index in [1.165, 1.54) is 23.0 Å². The molecule has 0 spiro atoms. The van der Waals surface area contributed by atoms with Crippen LogP contribution in [0.2, 0.25) is 10.0 Å². The van der Waals surface area contributed by atoms with Gasteiger partial charge in [0.1, 0.15) is 0 Å². The normalized spacial score (nSPS) is 11.4. The van der Waals surface area contributed by atoms with Gasteiger partial charge >= 0.3 is 0 Å². The zero-order valence-corrected chi connectivity index (χ0v) is 14.4. The van der Waals surface area contributed by atoms with Crippen molar-refractivity contribution >= 4 is 45.9 Å². The summed E-state index contributed by atoms with van der Waals surface area (Å²) in [6.45, 7) is 0.269. The van der Waals surface area contributed by atoms with Gasteiger partial charge in [-0.2, -0.15) is 8.78 Å². The molecule has 2 aromatic carbocycles. The van der Waals surface area contributed by atoms with Crippen LogP contribution in [0.5, 0.6) is 0 Å². The standard InChI is InChI=1S/C16H10Cl2F2N2OS/c17-10-5-12-14(13(18)6-10)21-8-22(15(12)23)7-9-1-3-11(4-2-9)24-16(19)20/h1-6,8,16H,7H2. The first-order valence-electron chi connectivity index (χ1n) is 6.82. The van der Waals surface area contributed by atoms with Crippen LogP contribution < -0.4 is 5.56 Å². The van der Waals surface area contributed by atoms with Crippen molar-refractivity contribution < 1.29 is 8.78 Å². The zero-order chi connectivity index (χ0) is 17.3. The largest absolute Gasteiger partial charge is 0.294 e. The van der Waals surface area contributed by atoms with E-state index >= 15 is 0 Å². The van der Waals surface area contributed by atoms with E-state index in [4.69, 9.17) is 23.2 Å². The monoisotopic (exact) mass is 386 g/mol. The topological polar surface area (TPSA) is 34.9 Å². The van der Waals surface area contributed by atoms with Crippen molar-refractivity contribution in [2.75, 3.05) is 0 Å². The van der Waals surface area contributed by atoms with E-state index in [2.05, 4.69) is 4.98 Å². The van der Waals surface area contributed by atoms with Gasteiger partial charge in [-0.05, 0) is 29.8 Å². The predicted octanol–water partition coefficient (Wildman–Crippen LogP) is 5.07. The van der Waals surface area contributed by atoms with Gasteiger partial charge in [-0.15, -0.1) is 0 Å². The highest BCUT2D eigenvalue weighted by molar-refractivity contribution is 7.99. The molecule has 124 valence electrons. The minimum atomic E-state index is -2.46. The average molecular weight is 387 g/mol. The second-order valence-electron chi connectivity index (χ2n) is 4.98. The molecular weight excluding hydrogens is 377 g/mol. The fourth-order valence-corrected chi connectivity index (χ4v) is 3.32. The maximum absolute atomic E-state index is 12.6.